The highest BCUT2D eigenvalue weighted by atomic mass is 16.6. The van der Waals surface area contributed by atoms with Crippen LogP contribution in [-0.4, -0.2) is 20.5 Å². The molecule has 0 aliphatic heterocycles. The normalized spacial score (nSPS) is 10.1. The number of nitrogens with zero attached hydrogens (tertiary/aromatic N) is 3. The van der Waals surface area contributed by atoms with Crippen molar-refractivity contribution in [3.63, 3.8) is 0 Å². The second kappa shape index (κ2) is 3.99. The summed E-state index contributed by atoms with van der Waals surface area (Å²) in [7, 11) is 1.63. The lowest BCUT2D eigenvalue weighted by atomic mass is 10.2. The van der Waals surface area contributed by atoms with E-state index in [1.165, 1.54) is 17.8 Å². The van der Waals surface area contributed by atoms with Crippen LogP contribution in [0.3, 0.4) is 0 Å². The van der Waals surface area contributed by atoms with Gasteiger partial charge in [-0.25, -0.2) is 0 Å². The van der Waals surface area contributed by atoms with Gasteiger partial charge in [0.15, 0.2) is 0 Å². The molecule has 0 unspecified atom stereocenters. The number of ketones is 1. The fraction of sp³-hybridized carbons (Fsp3) is 0.500. The maximum Gasteiger partial charge on any atom is 0.310 e. The second-order valence-corrected chi connectivity index (χ2v) is 3.06. The Bertz CT molecular complexity index is 370. The van der Waals surface area contributed by atoms with Crippen molar-refractivity contribution in [3.05, 3.63) is 22.0 Å². The summed E-state index contributed by atoms with van der Waals surface area (Å²) in [6.45, 7) is 1.46. The largest absolute Gasteiger partial charge is 0.310 e. The van der Waals surface area contributed by atoms with Crippen molar-refractivity contribution in [1.82, 2.24) is 9.78 Å². The van der Waals surface area contributed by atoms with Gasteiger partial charge in [-0.2, -0.15) is 5.10 Å². The average Bonchev–Trinajstić information content (AvgIpc) is 2.43. The summed E-state index contributed by atoms with van der Waals surface area (Å²) >= 11 is 0. The molecule has 0 saturated heterocycles. The Hall–Kier alpha value is -1.72. The molecule has 0 spiro atoms. The van der Waals surface area contributed by atoms with Crippen LogP contribution in [0.1, 0.15) is 19.0 Å². The fourth-order valence-corrected chi connectivity index (χ4v) is 1.19. The lowest BCUT2D eigenvalue weighted by molar-refractivity contribution is -0.385. The molecule has 76 valence electrons. The lowest BCUT2D eigenvalue weighted by Gasteiger charge is -1.98. The molecule has 0 aliphatic carbocycles. The van der Waals surface area contributed by atoms with Crippen LogP contribution in [0.4, 0.5) is 5.69 Å². The van der Waals surface area contributed by atoms with E-state index < -0.39 is 4.92 Å². The van der Waals surface area contributed by atoms with Gasteiger partial charge in [0.05, 0.1) is 4.92 Å². The third kappa shape index (κ3) is 2.15. The number of aryl methyl sites for hydroxylation is 1. The molecule has 0 atom stereocenters. The first-order valence-corrected chi connectivity index (χ1v) is 4.17. The van der Waals surface area contributed by atoms with Gasteiger partial charge in [0.1, 0.15) is 17.7 Å². The molecule has 0 saturated carbocycles. The number of hydrogen-bond acceptors (Lipinski definition) is 4. The molecule has 6 nitrogen and oxygen atoms in total. The van der Waals surface area contributed by atoms with Gasteiger partial charge in [0.2, 0.25) is 0 Å². The highest BCUT2D eigenvalue weighted by Crippen LogP contribution is 2.18. The van der Waals surface area contributed by atoms with Crippen molar-refractivity contribution in [1.29, 1.82) is 0 Å². The van der Waals surface area contributed by atoms with Gasteiger partial charge < -0.3 is 4.79 Å². The Morgan fingerprint density at radius 1 is 1.71 bits per heavy atom. The molecule has 6 heteroatoms. The molecule has 0 aromatic carbocycles. The minimum absolute atomic E-state index is 0.0143. The zero-order valence-corrected chi connectivity index (χ0v) is 8.06. The molecule has 0 N–H and O–H groups in total. The number of carbonyl (C=O) groups is 1. The third-order valence-corrected chi connectivity index (χ3v) is 1.95. The molecule has 14 heavy (non-hydrogen) atoms. The molecule has 0 aliphatic rings. The predicted octanol–water partition coefficient (Wildman–Crippen LogP) is 0.850. The number of nitro groups is 1. The summed E-state index contributed by atoms with van der Waals surface area (Å²) in [6, 6.07) is 0. The van der Waals surface area contributed by atoms with Crippen LogP contribution in [0, 0.1) is 10.1 Å². The molecule has 1 heterocycles. The Morgan fingerprint density at radius 2 is 2.36 bits per heavy atom. The first kappa shape index (κ1) is 10.4. The third-order valence-electron chi connectivity index (χ3n) is 1.95. The van der Waals surface area contributed by atoms with E-state index >= 15 is 0 Å². The molecule has 0 radical (unpaired) electrons. The molecular weight excluding hydrogens is 186 g/mol. The maximum atomic E-state index is 10.7. The van der Waals surface area contributed by atoms with Crippen molar-refractivity contribution in [2.45, 2.75) is 19.8 Å². The number of carbonyl (C=O) groups excluding carboxylic acids is 1. The fourth-order valence-electron chi connectivity index (χ4n) is 1.19. The first-order chi connectivity index (χ1) is 6.52. The Balaban J connectivity index is 2.88. The monoisotopic (exact) mass is 197 g/mol. The van der Waals surface area contributed by atoms with Gasteiger partial charge in [-0.05, 0) is 6.92 Å². The Labute approximate surface area is 80.7 Å². The Morgan fingerprint density at radius 3 is 2.86 bits per heavy atom. The van der Waals surface area contributed by atoms with Gasteiger partial charge in [0.25, 0.3) is 0 Å². The van der Waals surface area contributed by atoms with Crippen molar-refractivity contribution >= 4 is 11.5 Å². The minimum atomic E-state index is -0.484. The van der Waals surface area contributed by atoms with Crippen LogP contribution in [0.15, 0.2) is 6.20 Å². The van der Waals surface area contributed by atoms with Crippen LogP contribution in [0.5, 0.6) is 0 Å². The molecule has 0 bridgehead atoms. The van der Waals surface area contributed by atoms with Crippen molar-refractivity contribution < 1.29 is 9.72 Å². The van der Waals surface area contributed by atoms with E-state index in [-0.39, 0.29) is 11.5 Å². The number of aromatic nitrogens is 2. The second-order valence-electron chi connectivity index (χ2n) is 3.06. The minimum Gasteiger partial charge on any atom is -0.300 e. The standard InChI is InChI=1S/C8H11N3O3/c1-6(12)3-4-7-8(11(13)14)5-9-10(7)2/h5H,3-4H2,1-2H3. The highest BCUT2D eigenvalue weighted by molar-refractivity contribution is 5.75. The summed E-state index contributed by atoms with van der Waals surface area (Å²) in [5.41, 5.74) is 0.471. The van der Waals surface area contributed by atoms with E-state index in [1.54, 1.807) is 7.05 Å². The van der Waals surface area contributed by atoms with E-state index in [1.807, 2.05) is 0 Å². The zero-order chi connectivity index (χ0) is 10.7. The molecule has 1 rings (SSSR count). The smallest absolute Gasteiger partial charge is 0.300 e. The lowest BCUT2D eigenvalue weighted by Crippen LogP contribution is -2.03. The summed E-state index contributed by atoms with van der Waals surface area (Å²) in [6.07, 6.45) is 1.87. The highest BCUT2D eigenvalue weighted by Gasteiger charge is 2.18. The van der Waals surface area contributed by atoms with E-state index in [4.69, 9.17) is 0 Å². The van der Waals surface area contributed by atoms with Crippen LogP contribution in [0.25, 0.3) is 0 Å². The van der Waals surface area contributed by atoms with Crippen molar-refractivity contribution in [2.24, 2.45) is 7.05 Å². The molecule has 0 fully saturated rings. The summed E-state index contributed by atoms with van der Waals surface area (Å²) < 4.78 is 1.43. The Kier molecular flexibility index (Phi) is 2.95. The van der Waals surface area contributed by atoms with E-state index in [2.05, 4.69) is 5.10 Å². The van der Waals surface area contributed by atoms with Gasteiger partial charge >= 0.3 is 5.69 Å². The van der Waals surface area contributed by atoms with E-state index in [0.29, 0.717) is 18.5 Å². The first-order valence-electron chi connectivity index (χ1n) is 4.17. The molecule has 0 amide bonds. The maximum absolute atomic E-state index is 10.7. The quantitative estimate of drug-likeness (QED) is 0.529. The van der Waals surface area contributed by atoms with Crippen LogP contribution in [0.2, 0.25) is 0 Å². The van der Waals surface area contributed by atoms with Crippen LogP contribution in [-0.2, 0) is 18.3 Å². The molecule has 1 aromatic heterocycles. The van der Waals surface area contributed by atoms with Gasteiger partial charge in [-0.1, -0.05) is 0 Å². The van der Waals surface area contributed by atoms with E-state index in [0.717, 1.165) is 0 Å². The van der Waals surface area contributed by atoms with Gasteiger partial charge in [-0.15, -0.1) is 0 Å². The van der Waals surface area contributed by atoms with Crippen molar-refractivity contribution in [3.8, 4) is 0 Å². The zero-order valence-electron chi connectivity index (χ0n) is 8.06. The van der Waals surface area contributed by atoms with E-state index in [9.17, 15) is 14.9 Å². The predicted molar refractivity (Wildman–Crippen MR) is 48.9 cm³/mol. The van der Waals surface area contributed by atoms with Crippen molar-refractivity contribution in [2.75, 3.05) is 0 Å². The van der Waals surface area contributed by atoms with Gasteiger partial charge in [-0.3, -0.25) is 14.8 Å². The average molecular weight is 197 g/mol. The van der Waals surface area contributed by atoms with Gasteiger partial charge in [0, 0.05) is 19.9 Å². The number of rotatable bonds is 4. The molecule has 1 aromatic rings. The molecular formula is C8H11N3O3. The number of Topliss-reactive ketones (excluding diaryl/α,β-unsaturated/α-hetero) is 1. The SMILES string of the molecule is CC(=O)CCc1c([N+](=O)[O-])cnn1C. The van der Waals surface area contributed by atoms with Crippen LogP contribution >= 0.6 is 0 Å². The topological polar surface area (TPSA) is 78.0 Å². The summed E-state index contributed by atoms with van der Waals surface area (Å²) in [5, 5.41) is 14.3. The number of hydrogen-bond donors (Lipinski definition) is 0. The van der Waals surface area contributed by atoms with Crippen LogP contribution < -0.4 is 0 Å². The summed E-state index contributed by atoms with van der Waals surface area (Å²) in [4.78, 5) is 20.8. The summed E-state index contributed by atoms with van der Waals surface area (Å²) in [5.74, 6) is 0.0143.